The first-order valence-electron chi connectivity index (χ1n) is 4.77. The van der Waals surface area contributed by atoms with Crippen LogP contribution in [0.1, 0.15) is 19.8 Å². The molecule has 81 valence electrons. The van der Waals surface area contributed by atoms with Gasteiger partial charge in [0, 0.05) is 38.3 Å². The Balaban J connectivity index is 0.000000245. The summed E-state index contributed by atoms with van der Waals surface area (Å²) in [4.78, 5) is 10.1. The molecule has 0 spiro atoms. The molecule has 2 bridgehead atoms. The minimum absolute atomic E-state index is 0. The fourth-order valence-corrected chi connectivity index (χ4v) is 1.63. The van der Waals surface area contributed by atoms with Gasteiger partial charge >= 0.3 is 5.97 Å². The van der Waals surface area contributed by atoms with Crippen LogP contribution < -0.4 is 0 Å². The zero-order valence-corrected chi connectivity index (χ0v) is 11.9. The quantitative estimate of drug-likeness (QED) is 0.320. The van der Waals surface area contributed by atoms with Crippen LogP contribution in [0.3, 0.4) is 0 Å². The van der Waals surface area contributed by atoms with E-state index in [1.807, 2.05) is 0 Å². The van der Waals surface area contributed by atoms with E-state index in [1.54, 1.807) is 6.92 Å². The van der Waals surface area contributed by atoms with Gasteiger partial charge in [-0.25, -0.2) is 4.79 Å². The predicted octanol–water partition coefficient (Wildman–Crippen LogP) is 2.68. The Labute approximate surface area is 117 Å². The van der Waals surface area contributed by atoms with Crippen LogP contribution in [0.4, 0.5) is 0 Å². The van der Waals surface area contributed by atoms with Crippen molar-refractivity contribution in [3.63, 3.8) is 0 Å². The second-order valence-electron chi connectivity index (χ2n) is 3.73. The number of hydrogen-bond acceptors (Lipinski definition) is 2. The van der Waals surface area contributed by atoms with E-state index in [4.69, 9.17) is 0 Å². The standard InChI is InChI=1S/C7H9.C5H7O2.Y/c1-2-7-4-3-6(1)5-7;1-4(2)5(6)7-3;/h1-3,6-7H,4-5H2;1,3H2,2H3;/q2*-1;. The summed E-state index contributed by atoms with van der Waals surface area (Å²) >= 11 is 0. The van der Waals surface area contributed by atoms with Crippen molar-refractivity contribution in [3.05, 3.63) is 37.8 Å². The number of ether oxygens (including phenoxy) is 1. The van der Waals surface area contributed by atoms with E-state index in [-0.39, 0.29) is 32.7 Å². The SMILES string of the molecule is C1=CC2C[CH-]C1C2.C=C(C)C(=O)O[CH2-].[Y]. The molecule has 15 heavy (non-hydrogen) atoms. The third kappa shape index (κ3) is 5.08. The molecule has 1 saturated carbocycles. The number of esters is 1. The Kier molecular flexibility index (Phi) is 7.37. The van der Waals surface area contributed by atoms with Crippen LogP contribution in [0, 0.1) is 25.4 Å². The Hall–Kier alpha value is 0.0539. The summed E-state index contributed by atoms with van der Waals surface area (Å²) in [6.07, 6.45) is 9.87. The molecular weight excluding hydrogens is 265 g/mol. The molecule has 2 nitrogen and oxygen atoms in total. The Bertz CT molecular complexity index is 246. The Morgan fingerprint density at radius 3 is 2.33 bits per heavy atom. The molecule has 0 aromatic heterocycles. The number of fused-ring (bicyclic) bond motifs is 2. The summed E-state index contributed by atoms with van der Waals surface area (Å²) in [5.41, 5.74) is 0.370. The van der Waals surface area contributed by atoms with Crippen LogP contribution in [-0.4, -0.2) is 5.97 Å². The first-order valence-corrected chi connectivity index (χ1v) is 4.77. The molecule has 0 saturated heterocycles. The van der Waals surface area contributed by atoms with Gasteiger partial charge in [-0.2, -0.15) is 13.5 Å². The maximum Gasteiger partial charge on any atom is 0.301 e. The average Bonchev–Trinajstić information content (AvgIpc) is 2.80. The normalized spacial score (nSPS) is 24.9. The van der Waals surface area contributed by atoms with Crippen LogP contribution in [0.5, 0.6) is 0 Å². The van der Waals surface area contributed by atoms with Gasteiger partial charge in [-0.15, -0.1) is 12.0 Å². The van der Waals surface area contributed by atoms with Crippen LogP contribution >= 0.6 is 0 Å². The Morgan fingerprint density at radius 1 is 1.60 bits per heavy atom. The largest absolute Gasteiger partial charge is 0.637 e. The van der Waals surface area contributed by atoms with Crippen LogP contribution in [-0.2, 0) is 42.2 Å². The van der Waals surface area contributed by atoms with Crippen LogP contribution in [0.25, 0.3) is 0 Å². The van der Waals surface area contributed by atoms with Gasteiger partial charge in [0.15, 0.2) is 0 Å². The van der Waals surface area contributed by atoms with Crippen molar-refractivity contribution < 1.29 is 42.2 Å². The van der Waals surface area contributed by atoms with Crippen molar-refractivity contribution in [2.24, 2.45) is 11.8 Å². The summed E-state index contributed by atoms with van der Waals surface area (Å²) in [5.74, 6) is 1.34. The molecule has 3 heteroatoms. The topological polar surface area (TPSA) is 26.3 Å². The van der Waals surface area contributed by atoms with Crippen molar-refractivity contribution >= 4 is 5.97 Å². The number of carbonyl (C=O) groups excluding carboxylic acids is 1. The van der Waals surface area contributed by atoms with Crippen molar-refractivity contribution in [1.82, 2.24) is 0 Å². The van der Waals surface area contributed by atoms with E-state index < -0.39 is 5.97 Å². The minimum atomic E-state index is -0.458. The fourth-order valence-electron chi connectivity index (χ4n) is 1.63. The van der Waals surface area contributed by atoms with Gasteiger partial charge in [0.05, 0.1) is 0 Å². The van der Waals surface area contributed by atoms with E-state index in [2.05, 4.69) is 37.0 Å². The van der Waals surface area contributed by atoms with Crippen LogP contribution in [0.15, 0.2) is 24.3 Å². The summed E-state index contributed by atoms with van der Waals surface area (Å²) in [7, 11) is 2.90. The molecule has 0 amide bonds. The van der Waals surface area contributed by atoms with Gasteiger partial charge in [0.25, 0.3) is 0 Å². The molecule has 2 aliphatic carbocycles. The third-order valence-electron chi connectivity index (χ3n) is 2.43. The minimum Gasteiger partial charge on any atom is -0.637 e. The number of hydrogen-bond donors (Lipinski definition) is 0. The zero-order valence-electron chi connectivity index (χ0n) is 9.11. The van der Waals surface area contributed by atoms with E-state index in [0.717, 1.165) is 11.8 Å². The molecule has 0 heterocycles. The molecule has 1 fully saturated rings. The molecule has 0 aromatic rings. The van der Waals surface area contributed by atoms with Gasteiger partial charge in [-0.05, 0) is 6.92 Å². The number of rotatable bonds is 1. The molecule has 2 unspecified atom stereocenters. The molecule has 2 atom stereocenters. The van der Waals surface area contributed by atoms with E-state index >= 15 is 0 Å². The summed E-state index contributed by atoms with van der Waals surface area (Å²) in [6, 6.07) is 0. The monoisotopic (exact) mass is 281 g/mol. The second-order valence-corrected chi connectivity index (χ2v) is 3.73. The van der Waals surface area contributed by atoms with E-state index in [9.17, 15) is 4.79 Å². The maximum absolute atomic E-state index is 10.1. The van der Waals surface area contributed by atoms with Gasteiger partial charge in [0.1, 0.15) is 0 Å². The van der Waals surface area contributed by atoms with Gasteiger partial charge in [0.2, 0.25) is 0 Å². The summed E-state index contributed by atoms with van der Waals surface area (Å²) < 4.78 is 4.02. The fraction of sp³-hybridized carbons (Fsp3) is 0.417. The molecule has 2 aliphatic rings. The van der Waals surface area contributed by atoms with E-state index in [1.165, 1.54) is 12.8 Å². The average molecular weight is 281 g/mol. The van der Waals surface area contributed by atoms with Gasteiger partial charge < -0.3 is 11.2 Å². The first-order chi connectivity index (χ1) is 6.63. The number of carbonyl (C=O) groups is 1. The molecule has 0 N–H and O–H groups in total. The van der Waals surface area contributed by atoms with Gasteiger partial charge in [-0.3, -0.25) is 0 Å². The summed E-state index contributed by atoms with van der Waals surface area (Å²) in [6.45, 7) is 4.87. The summed E-state index contributed by atoms with van der Waals surface area (Å²) in [5, 5.41) is 0. The van der Waals surface area contributed by atoms with E-state index in [0.29, 0.717) is 5.57 Å². The zero-order chi connectivity index (χ0) is 10.6. The third-order valence-corrected chi connectivity index (χ3v) is 2.43. The Morgan fingerprint density at radius 2 is 2.27 bits per heavy atom. The molecule has 0 aromatic carbocycles. The van der Waals surface area contributed by atoms with Crippen molar-refractivity contribution in [2.45, 2.75) is 19.8 Å². The molecule has 1 radical (unpaired) electrons. The molecule has 2 rings (SSSR count). The van der Waals surface area contributed by atoms with Gasteiger partial charge in [-0.1, -0.05) is 25.0 Å². The smallest absolute Gasteiger partial charge is 0.301 e. The van der Waals surface area contributed by atoms with Crippen molar-refractivity contribution in [3.8, 4) is 0 Å². The van der Waals surface area contributed by atoms with Crippen LogP contribution in [0.2, 0.25) is 0 Å². The maximum atomic E-state index is 10.1. The van der Waals surface area contributed by atoms with Crippen molar-refractivity contribution in [1.29, 1.82) is 0 Å². The second kappa shape index (κ2) is 7.35. The molecule has 0 aliphatic heterocycles. The first kappa shape index (κ1) is 15.1. The molecular formula is C12H16O2Y-2. The number of allylic oxidation sites excluding steroid dienone is 2. The van der Waals surface area contributed by atoms with Crippen molar-refractivity contribution in [2.75, 3.05) is 0 Å². The predicted molar refractivity (Wildman–Crippen MR) is 55.9 cm³/mol.